The van der Waals surface area contributed by atoms with E-state index in [0.29, 0.717) is 23.2 Å². The molecule has 2 amide bonds. The molecule has 0 atom stereocenters. The lowest BCUT2D eigenvalue weighted by molar-refractivity contribution is 0.252. The summed E-state index contributed by atoms with van der Waals surface area (Å²) in [6.45, 7) is 4.14. The van der Waals surface area contributed by atoms with Gasteiger partial charge in [-0.25, -0.2) is 4.79 Å². The van der Waals surface area contributed by atoms with E-state index >= 15 is 0 Å². The Morgan fingerprint density at radius 3 is 2.96 bits per heavy atom. The second-order valence-electron chi connectivity index (χ2n) is 5.13. The summed E-state index contributed by atoms with van der Waals surface area (Å²) >= 11 is 0. The van der Waals surface area contributed by atoms with Crippen molar-refractivity contribution in [2.24, 2.45) is 0 Å². The molecule has 7 heteroatoms. The Labute approximate surface area is 138 Å². The molecule has 3 rings (SSSR count). The lowest BCUT2D eigenvalue weighted by Crippen LogP contribution is -2.28. The Balaban J connectivity index is 2.12. The number of oxazole rings is 1. The Morgan fingerprint density at radius 2 is 2.29 bits per heavy atom. The maximum atomic E-state index is 11.6. The van der Waals surface area contributed by atoms with Gasteiger partial charge in [0.2, 0.25) is 0 Å². The van der Waals surface area contributed by atoms with Gasteiger partial charge in [0.25, 0.3) is 0 Å². The predicted molar refractivity (Wildman–Crippen MR) is 89.4 cm³/mol. The van der Waals surface area contributed by atoms with Crippen LogP contribution in [0.5, 0.6) is 0 Å². The number of pyridine rings is 1. The van der Waals surface area contributed by atoms with Gasteiger partial charge < -0.3 is 9.73 Å². The second-order valence-corrected chi connectivity index (χ2v) is 5.13. The van der Waals surface area contributed by atoms with Gasteiger partial charge in [-0.1, -0.05) is 6.07 Å². The fraction of sp³-hybridized carbons (Fsp3) is 0.176. The molecule has 2 aromatic heterocycles. The lowest BCUT2D eigenvalue weighted by atomic mass is 9.97. The van der Waals surface area contributed by atoms with E-state index in [1.165, 1.54) is 0 Å². The topological polar surface area (TPSA) is 104 Å². The number of fused-ring (bicyclic) bond motifs is 1. The minimum atomic E-state index is -0.410. The molecule has 1 aromatic carbocycles. The molecule has 0 aliphatic heterocycles. The van der Waals surface area contributed by atoms with Crippen molar-refractivity contribution >= 4 is 23.1 Å². The lowest BCUT2D eigenvalue weighted by Gasteiger charge is -2.07. The Bertz CT molecular complexity index is 941. The van der Waals surface area contributed by atoms with Crippen LogP contribution in [0.15, 0.2) is 35.0 Å². The number of hydrogen-bond donors (Lipinski definition) is 2. The van der Waals surface area contributed by atoms with Crippen LogP contribution in [0.2, 0.25) is 0 Å². The third kappa shape index (κ3) is 2.77. The average Bonchev–Trinajstić information content (AvgIpc) is 2.97. The number of nitriles is 1. The van der Waals surface area contributed by atoms with Gasteiger partial charge in [0, 0.05) is 24.5 Å². The highest BCUT2D eigenvalue weighted by Gasteiger charge is 2.18. The number of anilines is 1. The molecule has 0 saturated heterocycles. The molecule has 0 radical (unpaired) electrons. The minimum Gasteiger partial charge on any atom is -0.422 e. The molecule has 0 spiro atoms. The summed E-state index contributed by atoms with van der Waals surface area (Å²) in [5.41, 5.74) is 3.76. The van der Waals surface area contributed by atoms with Crippen LogP contribution < -0.4 is 10.6 Å². The van der Waals surface area contributed by atoms with Gasteiger partial charge in [0.15, 0.2) is 5.58 Å². The third-order valence-corrected chi connectivity index (χ3v) is 3.58. The zero-order valence-corrected chi connectivity index (χ0v) is 13.3. The Kier molecular flexibility index (Phi) is 4.12. The van der Waals surface area contributed by atoms with Crippen molar-refractivity contribution in [2.75, 3.05) is 11.9 Å². The first-order chi connectivity index (χ1) is 11.6. The van der Waals surface area contributed by atoms with Crippen LogP contribution >= 0.6 is 0 Å². The first kappa shape index (κ1) is 15.5. The van der Waals surface area contributed by atoms with Crippen LogP contribution in [-0.4, -0.2) is 22.5 Å². The van der Waals surface area contributed by atoms with Gasteiger partial charge in [-0.2, -0.15) is 10.2 Å². The number of benzene rings is 1. The molecule has 24 heavy (non-hydrogen) atoms. The van der Waals surface area contributed by atoms with Crippen molar-refractivity contribution in [1.82, 2.24) is 15.3 Å². The van der Waals surface area contributed by atoms with E-state index in [2.05, 4.69) is 26.7 Å². The fourth-order valence-electron chi connectivity index (χ4n) is 2.47. The Morgan fingerprint density at radius 1 is 1.46 bits per heavy atom. The average molecular weight is 321 g/mol. The zero-order valence-electron chi connectivity index (χ0n) is 13.3. The highest BCUT2D eigenvalue weighted by Crippen LogP contribution is 2.32. The number of rotatable bonds is 3. The standard InChI is InChI=1S/C17H15N5O2/c1-3-20-16(23)22-17-21-14-7-12(11-5-4-6-19-9-11)10(2)13(8-18)15(14)24-17/h4-7,9H,3H2,1-2H3,(H2,20,21,22,23). The molecular weight excluding hydrogens is 306 g/mol. The van der Waals surface area contributed by atoms with Crippen LogP contribution in [0.1, 0.15) is 18.1 Å². The molecule has 0 bridgehead atoms. The maximum Gasteiger partial charge on any atom is 0.322 e. The van der Waals surface area contributed by atoms with Crippen LogP contribution in [0.3, 0.4) is 0 Å². The molecule has 3 aromatic rings. The highest BCUT2D eigenvalue weighted by atomic mass is 16.4. The van der Waals surface area contributed by atoms with Gasteiger partial charge in [-0.15, -0.1) is 0 Å². The van der Waals surface area contributed by atoms with E-state index in [4.69, 9.17) is 4.42 Å². The van der Waals surface area contributed by atoms with Gasteiger partial charge >= 0.3 is 12.0 Å². The van der Waals surface area contributed by atoms with E-state index in [9.17, 15) is 10.1 Å². The number of carbonyl (C=O) groups excluding carboxylic acids is 1. The largest absolute Gasteiger partial charge is 0.422 e. The van der Waals surface area contributed by atoms with Gasteiger partial charge in [0.1, 0.15) is 17.1 Å². The SMILES string of the molecule is CCNC(=O)Nc1nc2cc(-c3cccnc3)c(C)c(C#N)c2o1. The van der Waals surface area contributed by atoms with Crippen molar-refractivity contribution in [3.05, 3.63) is 41.7 Å². The van der Waals surface area contributed by atoms with Crippen molar-refractivity contribution in [1.29, 1.82) is 5.26 Å². The number of carbonyl (C=O) groups is 1. The molecule has 2 heterocycles. The Hall–Kier alpha value is -3.40. The number of urea groups is 1. The number of aromatic nitrogens is 2. The molecule has 0 aliphatic rings. The van der Waals surface area contributed by atoms with Crippen molar-refractivity contribution in [3.8, 4) is 17.2 Å². The number of nitrogens with zero attached hydrogens (tertiary/aromatic N) is 3. The third-order valence-electron chi connectivity index (χ3n) is 3.58. The number of nitrogens with one attached hydrogen (secondary N) is 2. The normalized spacial score (nSPS) is 10.4. The molecule has 0 unspecified atom stereocenters. The molecule has 0 aliphatic carbocycles. The molecule has 7 nitrogen and oxygen atoms in total. The van der Waals surface area contributed by atoms with Crippen LogP contribution in [0.4, 0.5) is 10.8 Å². The summed E-state index contributed by atoms with van der Waals surface area (Å²) in [7, 11) is 0. The minimum absolute atomic E-state index is 0.0511. The summed E-state index contributed by atoms with van der Waals surface area (Å²) in [6.07, 6.45) is 3.41. The smallest absolute Gasteiger partial charge is 0.322 e. The first-order valence-electron chi connectivity index (χ1n) is 7.43. The molecule has 2 N–H and O–H groups in total. The summed E-state index contributed by atoms with van der Waals surface area (Å²) in [5.74, 6) is 0. The van der Waals surface area contributed by atoms with Crippen molar-refractivity contribution in [3.63, 3.8) is 0 Å². The maximum absolute atomic E-state index is 11.6. The highest BCUT2D eigenvalue weighted by molar-refractivity contribution is 5.92. The molecule has 120 valence electrons. The van der Waals surface area contributed by atoms with Crippen LogP contribution in [0, 0.1) is 18.3 Å². The summed E-state index contributed by atoms with van der Waals surface area (Å²) in [6, 6.07) is 7.37. The number of amides is 2. The first-order valence-corrected chi connectivity index (χ1v) is 7.43. The monoisotopic (exact) mass is 321 g/mol. The van der Waals surface area contributed by atoms with Gasteiger partial charge in [0.05, 0.1) is 0 Å². The van der Waals surface area contributed by atoms with Gasteiger partial charge in [-0.3, -0.25) is 10.3 Å². The quantitative estimate of drug-likeness (QED) is 0.771. The van der Waals surface area contributed by atoms with E-state index < -0.39 is 6.03 Å². The zero-order chi connectivity index (χ0) is 17.1. The summed E-state index contributed by atoms with van der Waals surface area (Å²) in [5, 5.41) is 14.6. The fourth-order valence-corrected chi connectivity index (χ4v) is 2.47. The number of hydrogen-bond acceptors (Lipinski definition) is 5. The molecular formula is C17H15N5O2. The predicted octanol–water partition coefficient (Wildman–Crippen LogP) is 3.21. The van der Waals surface area contributed by atoms with Crippen molar-refractivity contribution < 1.29 is 9.21 Å². The summed E-state index contributed by atoms with van der Waals surface area (Å²) < 4.78 is 5.56. The summed E-state index contributed by atoms with van der Waals surface area (Å²) in [4.78, 5) is 20.0. The van der Waals surface area contributed by atoms with Gasteiger partial charge in [-0.05, 0) is 37.1 Å². The molecule has 0 fully saturated rings. The van der Waals surface area contributed by atoms with Crippen LogP contribution in [0.25, 0.3) is 22.2 Å². The van der Waals surface area contributed by atoms with E-state index in [1.807, 2.05) is 32.0 Å². The second kappa shape index (κ2) is 6.38. The van der Waals surface area contributed by atoms with Crippen molar-refractivity contribution in [2.45, 2.75) is 13.8 Å². The molecule has 0 saturated carbocycles. The van der Waals surface area contributed by atoms with E-state index in [1.54, 1.807) is 12.4 Å². The van der Waals surface area contributed by atoms with Crippen LogP contribution in [-0.2, 0) is 0 Å². The van der Waals surface area contributed by atoms with E-state index in [-0.39, 0.29) is 6.01 Å². The van der Waals surface area contributed by atoms with E-state index in [0.717, 1.165) is 16.7 Å².